The quantitative estimate of drug-likeness (QED) is 0.611. The lowest BCUT2D eigenvalue weighted by atomic mass is 10.2. The Bertz CT molecular complexity index is 879. The van der Waals surface area contributed by atoms with Gasteiger partial charge in [0.05, 0.1) is 11.0 Å². The van der Waals surface area contributed by atoms with E-state index in [-0.39, 0.29) is 42.7 Å². The first-order valence-corrected chi connectivity index (χ1v) is 9.68. The molecule has 0 atom stereocenters. The zero-order valence-electron chi connectivity index (χ0n) is 15.3. The molecule has 1 fully saturated rings. The molecule has 1 saturated heterocycles. The van der Waals surface area contributed by atoms with Crippen LogP contribution in [-0.4, -0.2) is 59.6 Å². The Kier molecular flexibility index (Phi) is 6.74. The molecular weight excluding hydrogens is 458 g/mol. The minimum Gasteiger partial charge on any atom is -0.437 e. The molecule has 0 bridgehead atoms. The van der Waals surface area contributed by atoms with E-state index in [9.17, 15) is 22.4 Å². The maximum Gasteiger partial charge on any atom is 0.401 e. The van der Waals surface area contributed by atoms with E-state index in [4.69, 9.17) is 4.74 Å². The molecule has 0 saturated carbocycles. The van der Waals surface area contributed by atoms with Crippen LogP contribution in [0.1, 0.15) is 16.8 Å². The average Bonchev–Trinajstić information content (AvgIpc) is 2.88. The van der Waals surface area contributed by atoms with E-state index in [0.717, 1.165) is 0 Å². The fourth-order valence-corrected chi connectivity index (χ4v) is 3.48. The molecule has 0 N–H and O–H groups in total. The second-order valence-electron chi connectivity index (χ2n) is 6.57. The third kappa shape index (κ3) is 5.89. The topological polar surface area (TPSA) is 45.7 Å². The van der Waals surface area contributed by atoms with Crippen molar-refractivity contribution in [3.8, 4) is 11.6 Å². The lowest BCUT2D eigenvalue weighted by Gasteiger charge is -2.23. The predicted octanol–water partition coefficient (Wildman–Crippen LogP) is 4.49. The Morgan fingerprint density at radius 3 is 2.69 bits per heavy atom. The molecule has 29 heavy (non-hydrogen) atoms. The van der Waals surface area contributed by atoms with Crippen molar-refractivity contribution in [2.75, 3.05) is 32.7 Å². The molecule has 1 aliphatic heterocycles. The van der Waals surface area contributed by atoms with Gasteiger partial charge in [0.25, 0.3) is 5.91 Å². The van der Waals surface area contributed by atoms with Gasteiger partial charge in [0.15, 0.2) is 0 Å². The minimum atomic E-state index is -4.27. The highest BCUT2D eigenvalue weighted by Crippen LogP contribution is 2.31. The Balaban J connectivity index is 1.74. The van der Waals surface area contributed by atoms with Gasteiger partial charge in [-0.3, -0.25) is 9.69 Å². The van der Waals surface area contributed by atoms with Crippen LogP contribution < -0.4 is 4.74 Å². The van der Waals surface area contributed by atoms with Crippen molar-refractivity contribution in [3.63, 3.8) is 0 Å². The number of hydrogen-bond donors (Lipinski definition) is 0. The van der Waals surface area contributed by atoms with E-state index in [1.807, 2.05) is 0 Å². The Morgan fingerprint density at radius 1 is 1.17 bits per heavy atom. The number of hydrogen-bond acceptors (Lipinski definition) is 4. The van der Waals surface area contributed by atoms with E-state index >= 15 is 0 Å². The summed E-state index contributed by atoms with van der Waals surface area (Å²) in [5.74, 6) is -0.498. The van der Waals surface area contributed by atoms with Crippen LogP contribution in [0.5, 0.6) is 11.6 Å². The zero-order chi connectivity index (χ0) is 21.0. The highest BCUT2D eigenvalue weighted by Gasteiger charge is 2.32. The van der Waals surface area contributed by atoms with E-state index in [0.29, 0.717) is 17.4 Å². The number of alkyl halides is 3. The first-order valence-electron chi connectivity index (χ1n) is 8.89. The van der Waals surface area contributed by atoms with Crippen molar-refractivity contribution in [3.05, 3.63) is 52.4 Å². The van der Waals surface area contributed by atoms with Crippen LogP contribution in [0.25, 0.3) is 0 Å². The molecule has 0 spiro atoms. The average molecular weight is 476 g/mol. The molecule has 0 aliphatic carbocycles. The Labute approximate surface area is 173 Å². The summed E-state index contributed by atoms with van der Waals surface area (Å²) < 4.78 is 57.2. The number of rotatable bonds is 4. The first-order chi connectivity index (χ1) is 13.7. The molecule has 0 radical (unpaired) electrons. The van der Waals surface area contributed by atoms with Crippen LogP contribution in [-0.2, 0) is 0 Å². The molecule has 0 unspecified atom stereocenters. The maximum atomic E-state index is 13.3. The van der Waals surface area contributed by atoms with Crippen LogP contribution >= 0.6 is 15.9 Å². The number of ether oxygens (including phenoxy) is 1. The molecule has 3 rings (SSSR count). The number of aromatic nitrogens is 1. The van der Waals surface area contributed by atoms with Gasteiger partial charge in [0.2, 0.25) is 5.88 Å². The number of carbonyl (C=O) groups is 1. The third-order valence-corrected chi connectivity index (χ3v) is 5.00. The summed E-state index contributed by atoms with van der Waals surface area (Å²) in [6.45, 7) is -0.0897. The van der Waals surface area contributed by atoms with Gasteiger partial charge < -0.3 is 9.64 Å². The van der Waals surface area contributed by atoms with Gasteiger partial charge in [-0.05, 0) is 52.7 Å². The van der Waals surface area contributed by atoms with Crippen molar-refractivity contribution in [2.45, 2.75) is 12.6 Å². The maximum absolute atomic E-state index is 13.3. The SMILES string of the molecule is O=C(c1cccnc1Oc1ccc(F)cc1Br)N1CCCN(CC(F)(F)F)CC1. The molecule has 1 aliphatic rings. The fraction of sp³-hybridized carbons (Fsp3) is 0.368. The second-order valence-corrected chi connectivity index (χ2v) is 7.42. The molecule has 156 valence electrons. The van der Waals surface area contributed by atoms with Crippen molar-refractivity contribution in [2.24, 2.45) is 0 Å². The van der Waals surface area contributed by atoms with Gasteiger partial charge in [0.1, 0.15) is 17.1 Å². The van der Waals surface area contributed by atoms with E-state index in [1.165, 1.54) is 34.2 Å². The molecule has 2 aromatic rings. The Morgan fingerprint density at radius 2 is 1.97 bits per heavy atom. The van der Waals surface area contributed by atoms with Crippen LogP contribution in [0.15, 0.2) is 41.0 Å². The van der Waals surface area contributed by atoms with Crippen molar-refractivity contribution in [1.29, 1.82) is 0 Å². The molecule has 1 amide bonds. The number of halogens is 5. The third-order valence-electron chi connectivity index (χ3n) is 4.38. The second kappa shape index (κ2) is 9.08. The normalized spacial score (nSPS) is 15.8. The molecular formula is C19H18BrF4N3O2. The van der Waals surface area contributed by atoms with Gasteiger partial charge in [0, 0.05) is 32.4 Å². The molecule has 10 heteroatoms. The van der Waals surface area contributed by atoms with Crippen molar-refractivity contribution < 1.29 is 27.1 Å². The lowest BCUT2D eigenvalue weighted by Crippen LogP contribution is -2.38. The van der Waals surface area contributed by atoms with Crippen LogP contribution in [0.4, 0.5) is 17.6 Å². The molecule has 5 nitrogen and oxygen atoms in total. The summed E-state index contributed by atoms with van der Waals surface area (Å²) in [7, 11) is 0. The zero-order valence-corrected chi connectivity index (χ0v) is 16.8. The summed E-state index contributed by atoms with van der Waals surface area (Å²) in [4.78, 5) is 19.9. The number of nitrogens with zero attached hydrogens (tertiary/aromatic N) is 3. The minimum absolute atomic E-state index is 0.0428. The summed E-state index contributed by atoms with van der Waals surface area (Å²) in [6.07, 6.45) is -2.38. The summed E-state index contributed by atoms with van der Waals surface area (Å²) in [5.41, 5.74) is 0.188. The first kappa shape index (κ1) is 21.5. The number of benzene rings is 1. The highest BCUT2D eigenvalue weighted by atomic mass is 79.9. The number of amides is 1. The Hall–Kier alpha value is -2.20. The van der Waals surface area contributed by atoms with E-state index in [1.54, 1.807) is 12.1 Å². The van der Waals surface area contributed by atoms with E-state index in [2.05, 4.69) is 20.9 Å². The summed E-state index contributed by atoms with van der Waals surface area (Å²) in [5, 5.41) is 0. The largest absolute Gasteiger partial charge is 0.437 e. The van der Waals surface area contributed by atoms with Gasteiger partial charge >= 0.3 is 6.18 Å². The lowest BCUT2D eigenvalue weighted by molar-refractivity contribution is -0.145. The van der Waals surface area contributed by atoms with Gasteiger partial charge in [-0.1, -0.05) is 0 Å². The monoisotopic (exact) mass is 475 g/mol. The van der Waals surface area contributed by atoms with Gasteiger partial charge in [-0.25, -0.2) is 9.37 Å². The summed E-state index contributed by atoms with van der Waals surface area (Å²) >= 11 is 3.20. The molecule has 1 aromatic carbocycles. The van der Waals surface area contributed by atoms with Gasteiger partial charge in [-0.15, -0.1) is 0 Å². The predicted molar refractivity (Wildman–Crippen MR) is 101 cm³/mol. The van der Waals surface area contributed by atoms with E-state index < -0.39 is 18.5 Å². The van der Waals surface area contributed by atoms with Crippen LogP contribution in [0.3, 0.4) is 0 Å². The number of pyridine rings is 1. The van der Waals surface area contributed by atoms with Gasteiger partial charge in [-0.2, -0.15) is 13.2 Å². The molecule has 2 heterocycles. The highest BCUT2D eigenvalue weighted by molar-refractivity contribution is 9.10. The molecule has 1 aromatic heterocycles. The number of carbonyl (C=O) groups excluding carboxylic acids is 1. The van der Waals surface area contributed by atoms with Crippen LogP contribution in [0, 0.1) is 5.82 Å². The standard InChI is InChI=1S/C19H18BrF4N3O2/c20-15-11-13(21)4-5-16(15)29-17-14(3-1-6-25-17)18(28)27-8-2-7-26(9-10-27)12-19(22,23)24/h1,3-6,11H,2,7-10,12H2. The van der Waals surface area contributed by atoms with Crippen LogP contribution in [0.2, 0.25) is 0 Å². The fourth-order valence-electron chi connectivity index (χ4n) is 3.05. The smallest absolute Gasteiger partial charge is 0.401 e. The van der Waals surface area contributed by atoms with Crippen molar-refractivity contribution >= 4 is 21.8 Å². The summed E-state index contributed by atoms with van der Waals surface area (Å²) in [6, 6.07) is 6.97. The van der Waals surface area contributed by atoms with Crippen molar-refractivity contribution in [1.82, 2.24) is 14.8 Å².